The summed E-state index contributed by atoms with van der Waals surface area (Å²) in [4.78, 5) is 26.1. The van der Waals surface area contributed by atoms with Crippen LogP contribution in [-0.4, -0.2) is 43.3 Å². The lowest BCUT2D eigenvalue weighted by Gasteiger charge is -2.30. The Morgan fingerprint density at radius 2 is 1.74 bits per heavy atom. The number of aromatic nitrogens is 4. The first-order chi connectivity index (χ1) is 18.1. The number of hydrogen-bond acceptors (Lipinski definition) is 7. The van der Waals surface area contributed by atoms with Gasteiger partial charge in [0.05, 0.1) is 11.9 Å². The van der Waals surface area contributed by atoms with Crippen LogP contribution in [0.5, 0.6) is 0 Å². The number of carbonyl (C=O) groups is 1. The van der Waals surface area contributed by atoms with Crippen molar-refractivity contribution in [1.82, 2.24) is 24.8 Å². The van der Waals surface area contributed by atoms with Crippen molar-refractivity contribution >= 4 is 34.8 Å². The monoisotopic (exact) mass is 527 g/mol. The smallest absolute Gasteiger partial charge is 0.407 e. The molecule has 2 fully saturated rings. The lowest BCUT2D eigenvalue weighted by molar-refractivity contribution is 0.0492. The number of nitrogens with one attached hydrogen (secondary N) is 3. The van der Waals surface area contributed by atoms with E-state index in [1.54, 1.807) is 6.20 Å². The quantitative estimate of drug-likeness (QED) is 0.350. The first kappa shape index (κ1) is 26.1. The fourth-order valence-corrected chi connectivity index (χ4v) is 5.31. The second kappa shape index (κ2) is 10.7. The van der Waals surface area contributed by atoms with Crippen molar-refractivity contribution < 1.29 is 18.3 Å². The lowest BCUT2D eigenvalue weighted by Crippen LogP contribution is -2.42. The highest BCUT2D eigenvalue weighted by atomic mass is 19.1. The van der Waals surface area contributed by atoms with Gasteiger partial charge in [0.15, 0.2) is 5.65 Å². The van der Waals surface area contributed by atoms with Crippen molar-refractivity contribution in [2.75, 3.05) is 10.6 Å². The Morgan fingerprint density at radius 3 is 2.42 bits per heavy atom. The van der Waals surface area contributed by atoms with Gasteiger partial charge in [0, 0.05) is 24.2 Å². The Balaban J connectivity index is 1.30. The maximum absolute atomic E-state index is 14.4. The van der Waals surface area contributed by atoms with Gasteiger partial charge in [0.2, 0.25) is 11.9 Å². The second-order valence-corrected chi connectivity index (χ2v) is 11.2. The molecular formula is C27H35F2N7O2. The maximum Gasteiger partial charge on any atom is 0.407 e. The summed E-state index contributed by atoms with van der Waals surface area (Å²) in [5.74, 6) is -0.328. The summed E-state index contributed by atoms with van der Waals surface area (Å²) >= 11 is 0. The number of imidazole rings is 1. The van der Waals surface area contributed by atoms with Crippen molar-refractivity contribution in [2.45, 2.75) is 95.9 Å². The minimum absolute atomic E-state index is 0.0792. The van der Waals surface area contributed by atoms with Crippen LogP contribution in [0.2, 0.25) is 0 Å². The molecule has 2 aromatic heterocycles. The lowest BCUT2D eigenvalue weighted by atomic mass is 9.91. The molecule has 38 heavy (non-hydrogen) atoms. The van der Waals surface area contributed by atoms with E-state index in [2.05, 4.69) is 25.9 Å². The van der Waals surface area contributed by atoms with Crippen LogP contribution < -0.4 is 16.0 Å². The molecule has 5 rings (SSSR count). The summed E-state index contributed by atoms with van der Waals surface area (Å²) in [7, 11) is 0. The molecule has 0 saturated heterocycles. The topological polar surface area (TPSA) is 106 Å². The Morgan fingerprint density at radius 1 is 1.03 bits per heavy atom. The predicted octanol–water partition coefficient (Wildman–Crippen LogP) is 6.21. The summed E-state index contributed by atoms with van der Waals surface area (Å²) < 4.78 is 35.2. The second-order valence-electron chi connectivity index (χ2n) is 11.2. The normalized spacial score (nSPS) is 20.4. The third-order valence-corrected chi connectivity index (χ3v) is 7.08. The molecule has 1 amide bonds. The van der Waals surface area contributed by atoms with E-state index in [1.165, 1.54) is 12.1 Å². The number of hydrogen-bond donors (Lipinski definition) is 3. The molecule has 0 unspecified atom stereocenters. The number of alkyl carbamates (subject to hydrolysis) is 1. The fraction of sp³-hybridized carbons (Fsp3) is 0.556. The standard InChI is InChI=1S/C27H35F2N7O2/c1-27(2,3)38-26(37)32-18-11-9-17(10-12-18)31-24-30-15-22-23(35-24)36(19-6-4-5-7-19)25(34-22)33-21-13-8-16(28)14-20(21)29/h8,13-15,17-19H,4-7,9-12H2,1-3H3,(H,32,37)(H,33,34)(H,30,31,35). The van der Waals surface area contributed by atoms with E-state index in [-0.39, 0.29) is 29.9 Å². The maximum atomic E-state index is 14.4. The molecule has 1 aromatic carbocycles. The van der Waals surface area contributed by atoms with Gasteiger partial charge in [-0.1, -0.05) is 12.8 Å². The molecule has 0 radical (unpaired) electrons. The van der Waals surface area contributed by atoms with Crippen LogP contribution in [-0.2, 0) is 4.74 Å². The average molecular weight is 528 g/mol. The van der Waals surface area contributed by atoms with Crippen LogP contribution in [0.25, 0.3) is 11.2 Å². The number of halogens is 2. The van der Waals surface area contributed by atoms with E-state index in [9.17, 15) is 13.6 Å². The van der Waals surface area contributed by atoms with Crippen LogP contribution >= 0.6 is 0 Å². The molecule has 2 aliphatic rings. The molecule has 2 aliphatic carbocycles. The number of anilines is 3. The Labute approximate surface area is 220 Å². The third kappa shape index (κ3) is 6.14. The molecule has 3 N–H and O–H groups in total. The number of fused-ring (bicyclic) bond motifs is 1. The van der Waals surface area contributed by atoms with E-state index >= 15 is 0 Å². The molecule has 0 bridgehead atoms. The van der Waals surface area contributed by atoms with Gasteiger partial charge in [-0.15, -0.1) is 0 Å². The van der Waals surface area contributed by atoms with Crippen LogP contribution in [0.3, 0.4) is 0 Å². The van der Waals surface area contributed by atoms with Gasteiger partial charge in [-0.2, -0.15) is 4.98 Å². The SMILES string of the molecule is CC(C)(C)OC(=O)NC1CCC(Nc2ncc3nc(Nc4ccc(F)cc4F)n(C4CCCC4)c3n2)CC1. The highest BCUT2D eigenvalue weighted by molar-refractivity contribution is 5.76. The van der Waals surface area contributed by atoms with Gasteiger partial charge < -0.3 is 20.7 Å². The molecule has 9 nitrogen and oxygen atoms in total. The van der Waals surface area contributed by atoms with Crippen LogP contribution in [0, 0.1) is 11.6 Å². The minimum atomic E-state index is -0.680. The first-order valence-corrected chi connectivity index (χ1v) is 13.4. The van der Waals surface area contributed by atoms with Crippen molar-refractivity contribution in [2.24, 2.45) is 0 Å². The van der Waals surface area contributed by atoms with Gasteiger partial charge >= 0.3 is 6.09 Å². The van der Waals surface area contributed by atoms with E-state index in [1.807, 2.05) is 25.3 Å². The molecule has 2 saturated carbocycles. The Hall–Kier alpha value is -3.50. The van der Waals surface area contributed by atoms with Crippen molar-refractivity contribution in [3.05, 3.63) is 36.0 Å². The zero-order valence-electron chi connectivity index (χ0n) is 22.1. The number of nitrogens with zero attached hydrogens (tertiary/aromatic N) is 4. The minimum Gasteiger partial charge on any atom is -0.444 e. The molecule has 204 valence electrons. The predicted molar refractivity (Wildman–Crippen MR) is 142 cm³/mol. The number of ether oxygens (including phenoxy) is 1. The summed E-state index contributed by atoms with van der Waals surface area (Å²) in [5, 5.41) is 9.46. The summed E-state index contributed by atoms with van der Waals surface area (Å²) in [6, 6.07) is 3.88. The highest BCUT2D eigenvalue weighted by Gasteiger charge is 2.27. The van der Waals surface area contributed by atoms with Gasteiger partial charge in [0.25, 0.3) is 0 Å². The zero-order valence-corrected chi connectivity index (χ0v) is 22.1. The average Bonchev–Trinajstić information content (AvgIpc) is 3.48. The van der Waals surface area contributed by atoms with Crippen molar-refractivity contribution in [3.8, 4) is 0 Å². The van der Waals surface area contributed by atoms with E-state index in [0.29, 0.717) is 23.1 Å². The van der Waals surface area contributed by atoms with Crippen LogP contribution in [0.4, 0.5) is 31.2 Å². The van der Waals surface area contributed by atoms with Crippen LogP contribution in [0.1, 0.15) is 78.2 Å². The first-order valence-electron chi connectivity index (χ1n) is 13.4. The summed E-state index contributed by atoms with van der Waals surface area (Å²) in [6.07, 6.45) is 8.84. The molecule has 0 aliphatic heterocycles. The molecule has 3 aromatic rings. The zero-order chi connectivity index (χ0) is 26.9. The number of carbonyl (C=O) groups excluding carboxylic acids is 1. The summed E-state index contributed by atoms with van der Waals surface area (Å²) in [6.45, 7) is 5.55. The highest BCUT2D eigenvalue weighted by Crippen LogP contribution is 2.36. The number of benzene rings is 1. The van der Waals surface area contributed by atoms with Gasteiger partial charge in [-0.05, 0) is 71.4 Å². The van der Waals surface area contributed by atoms with Gasteiger partial charge in [0.1, 0.15) is 22.8 Å². The van der Waals surface area contributed by atoms with Gasteiger partial charge in [-0.25, -0.2) is 23.5 Å². The van der Waals surface area contributed by atoms with Crippen LogP contribution in [0.15, 0.2) is 24.4 Å². The Kier molecular flexibility index (Phi) is 7.36. The molecule has 0 spiro atoms. The summed E-state index contributed by atoms with van der Waals surface area (Å²) in [5.41, 5.74) is 0.924. The van der Waals surface area contributed by atoms with Crippen molar-refractivity contribution in [3.63, 3.8) is 0 Å². The van der Waals surface area contributed by atoms with E-state index in [4.69, 9.17) is 9.72 Å². The molecule has 0 atom stereocenters. The molecular weight excluding hydrogens is 492 g/mol. The van der Waals surface area contributed by atoms with E-state index < -0.39 is 17.2 Å². The van der Waals surface area contributed by atoms with Gasteiger partial charge in [-0.3, -0.25) is 4.57 Å². The number of amides is 1. The molecule has 2 heterocycles. The third-order valence-electron chi connectivity index (χ3n) is 7.08. The van der Waals surface area contributed by atoms with E-state index in [0.717, 1.165) is 57.4 Å². The largest absolute Gasteiger partial charge is 0.444 e. The molecule has 11 heteroatoms. The Bertz CT molecular complexity index is 1290. The number of rotatable bonds is 6. The fourth-order valence-electron chi connectivity index (χ4n) is 5.31. The van der Waals surface area contributed by atoms with Crippen molar-refractivity contribution in [1.29, 1.82) is 0 Å².